The maximum absolute atomic E-state index is 14.1. The molecule has 2 N–H and O–H groups in total. The minimum Gasteiger partial charge on any atom is -0.489 e. The predicted molar refractivity (Wildman–Crippen MR) is 222 cm³/mol. The number of hydrogen-bond acceptors (Lipinski definition) is 8. The molecule has 3 atom stereocenters. The largest absolute Gasteiger partial charge is 0.489 e. The summed E-state index contributed by atoms with van der Waals surface area (Å²) < 4.78 is 20.4. The summed E-state index contributed by atoms with van der Waals surface area (Å²) in [5.41, 5.74) is 7.74. The van der Waals surface area contributed by atoms with Gasteiger partial charge in [0.25, 0.3) is 0 Å². The number of benzene rings is 5. The van der Waals surface area contributed by atoms with Crippen molar-refractivity contribution in [1.29, 1.82) is 5.26 Å². The molecule has 6 aromatic rings. The summed E-state index contributed by atoms with van der Waals surface area (Å²) in [5.74, 6) is 0.389. The van der Waals surface area contributed by atoms with Gasteiger partial charge in [0, 0.05) is 32.8 Å². The topological polar surface area (TPSA) is 139 Å². The minimum absolute atomic E-state index is 0.104. The van der Waals surface area contributed by atoms with E-state index >= 15 is 0 Å². The van der Waals surface area contributed by atoms with Crippen LogP contribution < -0.4 is 19.5 Å². The van der Waals surface area contributed by atoms with Gasteiger partial charge >= 0.3 is 5.97 Å². The molecule has 1 unspecified atom stereocenters. The van der Waals surface area contributed by atoms with E-state index < -0.39 is 18.1 Å². The first-order valence-electron chi connectivity index (χ1n) is 19.1. The van der Waals surface area contributed by atoms with Crippen molar-refractivity contribution in [3.63, 3.8) is 0 Å². The number of nitriles is 1. The second-order valence-electron chi connectivity index (χ2n) is 14.7. The number of fused-ring (bicyclic) bond motifs is 2. The number of aromatic nitrogens is 2. The minimum atomic E-state index is -1.15. The summed E-state index contributed by atoms with van der Waals surface area (Å²) >= 11 is 12.2. The third-order valence-corrected chi connectivity index (χ3v) is 11.3. The van der Waals surface area contributed by atoms with Crippen LogP contribution in [0.5, 0.6) is 17.2 Å². The molecule has 1 aromatic heterocycles. The van der Waals surface area contributed by atoms with Crippen LogP contribution in [0.3, 0.4) is 0 Å². The van der Waals surface area contributed by atoms with Crippen molar-refractivity contribution in [3.8, 4) is 34.4 Å². The molecule has 0 fully saturated rings. The van der Waals surface area contributed by atoms with Crippen LogP contribution in [0.15, 0.2) is 115 Å². The summed E-state index contributed by atoms with van der Waals surface area (Å²) in [6, 6.07) is 34.0. The first kappa shape index (κ1) is 39.5. The van der Waals surface area contributed by atoms with Crippen LogP contribution in [0.4, 0.5) is 0 Å². The van der Waals surface area contributed by atoms with Crippen molar-refractivity contribution in [2.24, 2.45) is 7.05 Å². The number of hydrogen-bond donors (Lipinski definition) is 2. The first-order chi connectivity index (χ1) is 28.6. The van der Waals surface area contributed by atoms with Gasteiger partial charge in [0.05, 0.1) is 33.4 Å². The maximum atomic E-state index is 14.1. The molecule has 0 bridgehead atoms. The number of carbonyl (C=O) groups excluding carboxylic acids is 1. The third kappa shape index (κ3) is 9.21. The Kier molecular flexibility index (Phi) is 11.6. The van der Waals surface area contributed by atoms with Crippen molar-refractivity contribution in [2.75, 3.05) is 6.61 Å². The molecule has 3 heterocycles. The van der Waals surface area contributed by atoms with Gasteiger partial charge < -0.3 is 24.6 Å². The smallest absolute Gasteiger partial charge is 0.326 e. The molecule has 13 heteroatoms. The number of rotatable bonds is 12. The number of amides is 1. The van der Waals surface area contributed by atoms with Crippen LogP contribution in [0.2, 0.25) is 10.0 Å². The van der Waals surface area contributed by atoms with Crippen molar-refractivity contribution < 1.29 is 28.9 Å². The SMILES string of the molecule is Cn1ccc(CN2Cc3cc4c(cc3CC2C(=O)N[C@@H](Cc2ccc(-c3ccc(C#N)cc3)cc2)C(=O)O)OC[C@H](c2ccc(OCc3ccc(Cl)c(Cl)c3)cc2)O4)n1. The molecule has 11 nitrogen and oxygen atoms in total. The first-order valence-corrected chi connectivity index (χ1v) is 19.8. The Hall–Kier alpha value is -6.32. The van der Waals surface area contributed by atoms with Crippen molar-refractivity contribution in [1.82, 2.24) is 20.0 Å². The van der Waals surface area contributed by atoms with Crippen LogP contribution in [0.1, 0.15) is 45.2 Å². The molecule has 0 spiro atoms. The third-order valence-electron chi connectivity index (χ3n) is 10.6. The van der Waals surface area contributed by atoms with Gasteiger partial charge in [0.2, 0.25) is 5.91 Å². The zero-order valence-electron chi connectivity index (χ0n) is 32.0. The summed E-state index contributed by atoms with van der Waals surface area (Å²) in [6.07, 6.45) is 1.94. The highest BCUT2D eigenvalue weighted by molar-refractivity contribution is 6.42. The molecule has 2 aliphatic heterocycles. The van der Waals surface area contributed by atoms with Gasteiger partial charge in [0.1, 0.15) is 25.0 Å². The van der Waals surface area contributed by atoms with Crippen molar-refractivity contribution in [2.45, 2.75) is 50.7 Å². The Balaban J connectivity index is 0.955. The zero-order chi connectivity index (χ0) is 41.0. The van der Waals surface area contributed by atoms with Gasteiger partial charge in [-0.05, 0) is 100.0 Å². The number of carbonyl (C=O) groups is 2. The highest BCUT2D eigenvalue weighted by atomic mass is 35.5. The highest BCUT2D eigenvalue weighted by Crippen LogP contribution is 2.41. The van der Waals surface area contributed by atoms with Gasteiger partial charge in [-0.1, -0.05) is 77.8 Å². The second kappa shape index (κ2) is 17.3. The number of carboxylic acids is 1. The molecule has 59 heavy (non-hydrogen) atoms. The highest BCUT2D eigenvalue weighted by Gasteiger charge is 2.36. The quantitative estimate of drug-likeness (QED) is 0.125. The maximum Gasteiger partial charge on any atom is 0.326 e. The molecule has 1 amide bonds. The van der Waals surface area contributed by atoms with Crippen molar-refractivity contribution >= 4 is 35.1 Å². The average Bonchev–Trinajstić information content (AvgIpc) is 3.66. The Morgan fingerprint density at radius 2 is 1.63 bits per heavy atom. The zero-order valence-corrected chi connectivity index (χ0v) is 33.5. The fraction of sp³-hybridized carbons (Fsp3) is 0.217. The van der Waals surface area contributed by atoms with E-state index in [1.54, 1.807) is 28.9 Å². The van der Waals surface area contributed by atoms with Crippen LogP contribution >= 0.6 is 23.2 Å². The lowest BCUT2D eigenvalue weighted by atomic mass is 9.92. The van der Waals surface area contributed by atoms with E-state index in [4.69, 9.17) is 42.7 Å². The van der Waals surface area contributed by atoms with E-state index in [1.807, 2.05) is 103 Å². The van der Waals surface area contributed by atoms with Crippen LogP contribution in [0.25, 0.3) is 11.1 Å². The summed E-state index contributed by atoms with van der Waals surface area (Å²) in [6.45, 7) is 1.42. The van der Waals surface area contributed by atoms with Gasteiger partial charge in [-0.2, -0.15) is 10.4 Å². The van der Waals surface area contributed by atoms with E-state index in [-0.39, 0.29) is 18.4 Å². The Bertz CT molecular complexity index is 2540. The molecule has 298 valence electrons. The number of carboxylic acid groups (broad SMARTS) is 1. The monoisotopic (exact) mass is 827 g/mol. The molecule has 5 aromatic carbocycles. The predicted octanol–water partition coefficient (Wildman–Crippen LogP) is 8.10. The fourth-order valence-electron chi connectivity index (χ4n) is 7.40. The molecule has 2 aliphatic rings. The van der Waals surface area contributed by atoms with Crippen LogP contribution in [-0.4, -0.2) is 50.4 Å². The van der Waals surface area contributed by atoms with E-state index in [9.17, 15) is 14.7 Å². The second-order valence-corrected chi connectivity index (χ2v) is 15.5. The van der Waals surface area contributed by atoms with Gasteiger partial charge in [-0.15, -0.1) is 0 Å². The summed E-state index contributed by atoms with van der Waals surface area (Å²) in [4.78, 5) is 28.7. The van der Waals surface area contributed by atoms with E-state index in [0.717, 1.165) is 44.6 Å². The number of aliphatic carboxylic acids is 1. The lowest BCUT2D eigenvalue weighted by molar-refractivity contribution is -0.142. The Morgan fingerprint density at radius 1 is 0.915 bits per heavy atom. The number of aryl methyl sites for hydroxylation is 1. The lowest BCUT2D eigenvalue weighted by Gasteiger charge is -2.37. The summed E-state index contributed by atoms with van der Waals surface area (Å²) in [5, 5.41) is 27.7. The lowest BCUT2D eigenvalue weighted by Crippen LogP contribution is -2.54. The summed E-state index contributed by atoms with van der Waals surface area (Å²) in [7, 11) is 1.84. The molecule has 0 radical (unpaired) electrons. The number of nitrogens with zero attached hydrogens (tertiary/aromatic N) is 4. The van der Waals surface area contributed by atoms with E-state index in [1.165, 1.54) is 0 Å². The number of halogens is 2. The molecule has 8 rings (SSSR count). The van der Waals surface area contributed by atoms with E-state index in [0.29, 0.717) is 65.6 Å². The average molecular weight is 829 g/mol. The molecule has 0 saturated heterocycles. The van der Waals surface area contributed by atoms with Gasteiger partial charge in [-0.25, -0.2) is 4.79 Å². The van der Waals surface area contributed by atoms with Crippen LogP contribution in [-0.2, 0) is 49.2 Å². The Morgan fingerprint density at radius 3 is 2.31 bits per heavy atom. The number of nitrogens with one attached hydrogen (secondary N) is 1. The molecular formula is C46H39Cl2N5O6. The van der Waals surface area contributed by atoms with Crippen LogP contribution in [0, 0.1) is 11.3 Å². The molecular weight excluding hydrogens is 789 g/mol. The van der Waals surface area contributed by atoms with Gasteiger partial charge in [0.15, 0.2) is 17.6 Å². The van der Waals surface area contributed by atoms with E-state index in [2.05, 4.69) is 16.5 Å². The van der Waals surface area contributed by atoms with Gasteiger partial charge in [-0.3, -0.25) is 14.4 Å². The molecule has 0 aliphatic carbocycles. The fourth-order valence-corrected chi connectivity index (χ4v) is 7.72. The normalized spacial score (nSPS) is 16.4. The molecule has 0 saturated carbocycles. The van der Waals surface area contributed by atoms with Crippen molar-refractivity contribution in [3.05, 3.63) is 165 Å². The standard InChI is InChI=1S/C46H39Cl2N5O6/c1-52-17-16-36(51-52)25-53-24-35-22-43-42(58-27-44(59-43)33-11-13-37(14-12-33)57-26-30-6-15-38(47)39(48)18-30)21-34(35)20-41(53)45(54)50-40(46(55)56)19-28-2-7-31(8-3-28)32-9-4-29(23-49)5-10-32/h2-18,21-22,40-41,44H,19-20,24-27H2,1H3,(H,50,54)(H,55,56)/t40-,41?,44+/m0/s1. The Labute approximate surface area is 351 Å². The number of ether oxygens (including phenoxy) is 3.